The third-order valence-corrected chi connectivity index (χ3v) is 4.76. The SMILES string of the molecule is CC[C@H](C)c1ccccc1NC(=O)[C@H](C)OC(=O)CCC(=O)c1ccc(F)cc1. The first-order chi connectivity index (χ1) is 13.8. The van der Waals surface area contributed by atoms with Gasteiger partial charge in [-0.1, -0.05) is 32.0 Å². The number of benzene rings is 2. The summed E-state index contributed by atoms with van der Waals surface area (Å²) in [6.45, 7) is 5.63. The number of carbonyl (C=O) groups excluding carboxylic acids is 3. The van der Waals surface area contributed by atoms with E-state index in [1.165, 1.54) is 31.2 Å². The van der Waals surface area contributed by atoms with E-state index in [4.69, 9.17) is 4.74 Å². The Labute approximate surface area is 170 Å². The second-order valence-corrected chi connectivity index (χ2v) is 6.95. The fourth-order valence-electron chi connectivity index (χ4n) is 2.80. The van der Waals surface area contributed by atoms with E-state index in [1.807, 2.05) is 24.3 Å². The van der Waals surface area contributed by atoms with Crippen molar-refractivity contribution in [2.45, 2.75) is 52.1 Å². The van der Waals surface area contributed by atoms with Gasteiger partial charge in [0, 0.05) is 17.7 Å². The molecule has 0 spiro atoms. The molecule has 2 atom stereocenters. The smallest absolute Gasteiger partial charge is 0.307 e. The molecule has 29 heavy (non-hydrogen) atoms. The summed E-state index contributed by atoms with van der Waals surface area (Å²) in [7, 11) is 0. The first-order valence-electron chi connectivity index (χ1n) is 9.69. The van der Waals surface area contributed by atoms with Crippen LogP contribution in [0.1, 0.15) is 61.9 Å². The van der Waals surface area contributed by atoms with Gasteiger partial charge in [0.1, 0.15) is 5.82 Å². The minimum atomic E-state index is -0.992. The Morgan fingerprint density at radius 3 is 2.31 bits per heavy atom. The maximum Gasteiger partial charge on any atom is 0.307 e. The second-order valence-electron chi connectivity index (χ2n) is 6.95. The van der Waals surface area contributed by atoms with Gasteiger partial charge in [-0.05, 0) is 55.2 Å². The molecule has 2 aromatic rings. The topological polar surface area (TPSA) is 72.5 Å². The van der Waals surface area contributed by atoms with Gasteiger partial charge in [0.15, 0.2) is 11.9 Å². The predicted molar refractivity (Wildman–Crippen MR) is 109 cm³/mol. The lowest BCUT2D eigenvalue weighted by molar-refractivity contribution is -0.153. The quantitative estimate of drug-likeness (QED) is 0.482. The fourth-order valence-corrected chi connectivity index (χ4v) is 2.80. The molecule has 2 aromatic carbocycles. The van der Waals surface area contributed by atoms with Crippen LogP contribution in [-0.2, 0) is 14.3 Å². The highest BCUT2D eigenvalue weighted by Gasteiger charge is 2.20. The molecule has 1 amide bonds. The van der Waals surface area contributed by atoms with Crippen molar-refractivity contribution in [2.75, 3.05) is 5.32 Å². The highest BCUT2D eigenvalue weighted by atomic mass is 19.1. The number of Topliss-reactive ketones (excluding diaryl/α,β-unsaturated/α-hetero) is 1. The molecule has 2 rings (SSSR count). The molecular formula is C23H26FNO4. The number of para-hydroxylation sites is 1. The molecule has 0 fully saturated rings. The zero-order chi connectivity index (χ0) is 21.4. The van der Waals surface area contributed by atoms with Gasteiger partial charge in [-0.3, -0.25) is 14.4 Å². The third kappa shape index (κ3) is 6.52. The lowest BCUT2D eigenvalue weighted by Crippen LogP contribution is -2.30. The van der Waals surface area contributed by atoms with E-state index in [-0.39, 0.29) is 24.5 Å². The Kier molecular flexibility index (Phi) is 8.07. The number of rotatable bonds is 9. The number of halogens is 1. The van der Waals surface area contributed by atoms with Gasteiger partial charge in [0.2, 0.25) is 0 Å². The number of ketones is 1. The van der Waals surface area contributed by atoms with Crippen molar-refractivity contribution in [3.8, 4) is 0 Å². The Balaban J connectivity index is 1.87. The number of esters is 1. The van der Waals surface area contributed by atoms with Crippen molar-refractivity contribution >= 4 is 23.3 Å². The molecule has 154 valence electrons. The number of anilines is 1. The second kappa shape index (κ2) is 10.5. The molecule has 0 aliphatic heterocycles. The third-order valence-electron chi connectivity index (χ3n) is 4.76. The Morgan fingerprint density at radius 2 is 1.66 bits per heavy atom. The van der Waals surface area contributed by atoms with Crippen molar-refractivity contribution in [2.24, 2.45) is 0 Å². The van der Waals surface area contributed by atoms with Crippen LogP contribution in [0, 0.1) is 5.82 Å². The van der Waals surface area contributed by atoms with Crippen molar-refractivity contribution in [3.63, 3.8) is 0 Å². The summed E-state index contributed by atoms with van der Waals surface area (Å²) >= 11 is 0. The molecular weight excluding hydrogens is 373 g/mol. The van der Waals surface area contributed by atoms with Gasteiger partial charge in [-0.2, -0.15) is 0 Å². The van der Waals surface area contributed by atoms with Crippen LogP contribution in [0.3, 0.4) is 0 Å². The number of carbonyl (C=O) groups is 3. The maximum absolute atomic E-state index is 12.9. The average Bonchev–Trinajstić information content (AvgIpc) is 2.72. The number of amides is 1. The monoisotopic (exact) mass is 399 g/mol. The molecule has 0 unspecified atom stereocenters. The van der Waals surface area contributed by atoms with Crippen LogP contribution >= 0.6 is 0 Å². The lowest BCUT2D eigenvalue weighted by Gasteiger charge is -2.18. The van der Waals surface area contributed by atoms with Crippen molar-refractivity contribution in [1.29, 1.82) is 0 Å². The summed E-state index contributed by atoms with van der Waals surface area (Å²) in [5.74, 6) is -1.52. The molecule has 5 nitrogen and oxygen atoms in total. The first-order valence-corrected chi connectivity index (χ1v) is 9.69. The number of nitrogens with one attached hydrogen (secondary N) is 1. The highest BCUT2D eigenvalue weighted by Crippen LogP contribution is 2.26. The van der Waals surface area contributed by atoms with Crippen LogP contribution in [0.25, 0.3) is 0 Å². The summed E-state index contributed by atoms with van der Waals surface area (Å²) in [4.78, 5) is 36.5. The van der Waals surface area contributed by atoms with E-state index in [2.05, 4.69) is 19.2 Å². The molecule has 0 heterocycles. The standard InChI is InChI=1S/C23H26FNO4/c1-4-15(2)19-7-5-6-8-20(19)25-23(28)16(3)29-22(27)14-13-21(26)17-9-11-18(24)12-10-17/h5-12,15-16H,4,13-14H2,1-3H3,(H,25,28)/t15-,16-/m0/s1. The fraction of sp³-hybridized carbons (Fsp3) is 0.348. The van der Waals surface area contributed by atoms with Crippen LogP contribution in [0.5, 0.6) is 0 Å². The van der Waals surface area contributed by atoms with Crippen LogP contribution in [0.15, 0.2) is 48.5 Å². The Bertz CT molecular complexity index is 863. The van der Waals surface area contributed by atoms with Gasteiger partial charge in [-0.25, -0.2) is 4.39 Å². The molecule has 0 saturated carbocycles. The number of hydrogen-bond acceptors (Lipinski definition) is 4. The minimum Gasteiger partial charge on any atom is -0.453 e. The number of ether oxygens (including phenoxy) is 1. The van der Waals surface area contributed by atoms with Gasteiger partial charge < -0.3 is 10.1 Å². The first kappa shape index (κ1) is 22.3. The van der Waals surface area contributed by atoms with E-state index in [0.717, 1.165) is 12.0 Å². The van der Waals surface area contributed by atoms with Crippen LogP contribution in [0.2, 0.25) is 0 Å². The van der Waals surface area contributed by atoms with Gasteiger partial charge in [0.05, 0.1) is 6.42 Å². The van der Waals surface area contributed by atoms with E-state index < -0.39 is 23.8 Å². The molecule has 0 aliphatic rings. The molecule has 0 radical (unpaired) electrons. The van der Waals surface area contributed by atoms with E-state index in [9.17, 15) is 18.8 Å². The molecule has 0 aliphatic carbocycles. The van der Waals surface area contributed by atoms with Crippen LogP contribution < -0.4 is 5.32 Å². The molecule has 6 heteroatoms. The molecule has 0 bridgehead atoms. The summed E-state index contributed by atoms with van der Waals surface area (Å²) in [5.41, 5.74) is 2.04. The molecule has 0 saturated heterocycles. The van der Waals surface area contributed by atoms with Crippen molar-refractivity contribution in [3.05, 3.63) is 65.5 Å². The van der Waals surface area contributed by atoms with E-state index >= 15 is 0 Å². The maximum atomic E-state index is 12.9. The normalized spacial score (nSPS) is 12.7. The average molecular weight is 399 g/mol. The highest BCUT2D eigenvalue weighted by molar-refractivity contribution is 5.98. The summed E-state index contributed by atoms with van der Waals surface area (Å²) < 4.78 is 18.1. The Morgan fingerprint density at radius 1 is 1.00 bits per heavy atom. The van der Waals surface area contributed by atoms with E-state index in [1.54, 1.807) is 0 Å². The van der Waals surface area contributed by atoms with Gasteiger partial charge in [0.25, 0.3) is 5.91 Å². The lowest BCUT2D eigenvalue weighted by atomic mass is 9.97. The zero-order valence-corrected chi connectivity index (χ0v) is 16.9. The Hall–Kier alpha value is -3.02. The minimum absolute atomic E-state index is 0.0738. The van der Waals surface area contributed by atoms with Crippen molar-refractivity contribution < 1.29 is 23.5 Å². The van der Waals surface area contributed by atoms with E-state index in [0.29, 0.717) is 11.3 Å². The number of hydrogen-bond donors (Lipinski definition) is 1. The summed E-state index contributed by atoms with van der Waals surface area (Å²) in [6, 6.07) is 12.6. The van der Waals surface area contributed by atoms with Crippen LogP contribution in [-0.4, -0.2) is 23.8 Å². The summed E-state index contributed by atoms with van der Waals surface area (Å²) in [6.07, 6.45) is -0.291. The molecule has 1 N–H and O–H groups in total. The summed E-state index contributed by atoms with van der Waals surface area (Å²) in [5, 5.41) is 2.81. The zero-order valence-electron chi connectivity index (χ0n) is 16.9. The van der Waals surface area contributed by atoms with Crippen molar-refractivity contribution in [1.82, 2.24) is 0 Å². The van der Waals surface area contributed by atoms with Crippen LogP contribution in [0.4, 0.5) is 10.1 Å². The van der Waals surface area contributed by atoms with Gasteiger partial charge >= 0.3 is 5.97 Å². The molecule has 0 aromatic heterocycles. The largest absolute Gasteiger partial charge is 0.453 e. The van der Waals surface area contributed by atoms with Gasteiger partial charge in [-0.15, -0.1) is 0 Å². The predicted octanol–water partition coefficient (Wildman–Crippen LogP) is 4.87.